The predicted octanol–water partition coefficient (Wildman–Crippen LogP) is 1.51. The van der Waals surface area contributed by atoms with Crippen LogP contribution in [0.3, 0.4) is 0 Å². The van der Waals surface area contributed by atoms with E-state index in [0.717, 1.165) is 0 Å². The highest BCUT2D eigenvalue weighted by atomic mass is 35.5. The summed E-state index contributed by atoms with van der Waals surface area (Å²) in [6, 6.07) is 0. The molecule has 0 rings (SSSR count). The van der Waals surface area contributed by atoms with Gasteiger partial charge in [0.1, 0.15) is 0 Å². The van der Waals surface area contributed by atoms with Gasteiger partial charge in [-0.15, -0.1) is 11.6 Å². The average molecular weight is 163 g/mol. The molecule has 0 radical (unpaired) electrons. The summed E-state index contributed by atoms with van der Waals surface area (Å²) in [5, 5.41) is 1.97. The molecule has 0 unspecified atom stereocenters. The van der Waals surface area contributed by atoms with E-state index in [0.29, 0.717) is 5.88 Å². The average Bonchev–Trinajstić information content (AvgIpc) is 2.02. The molecule has 0 aromatic carbocycles. The molecule has 0 atom stereocenters. The van der Waals surface area contributed by atoms with Gasteiger partial charge >= 0.3 is 0 Å². The molecule has 0 saturated carbocycles. The van der Waals surface area contributed by atoms with Crippen LogP contribution in [0.2, 0.25) is 0 Å². The van der Waals surface area contributed by atoms with Crippen LogP contribution in [0.1, 0.15) is 13.8 Å². The lowest BCUT2D eigenvalue weighted by Crippen LogP contribution is -2.72. The molecule has 0 aromatic rings. The van der Waals surface area contributed by atoms with Crippen LogP contribution in [-0.2, 0) is 0 Å². The molecular formula is C8H17ClN+. The number of alkyl halides is 1. The molecule has 60 valence electrons. The van der Waals surface area contributed by atoms with Gasteiger partial charge in [0.15, 0.2) is 0 Å². The fourth-order valence-electron chi connectivity index (χ4n) is 0.305. The summed E-state index contributed by atoms with van der Waals surface area (Å²) in [4.78, 5) is 0. The van der Waals surface area contributed by atoms with E-state index >= 15 is 0 Å². The Hall–Kier alpha value is -0.270. The maximum Gasteiger partial charge on any atom is 0.0923 e. The van der Waals surface area contributed by atoms with Gasteiger partial charge in [0.2, 0.25) is 0 Å². The number of quaternary nitrogens is 1. The summed E-state index contributed by atoms with van der Waals surface area (Å²) in [6.45, 7) is 4.00. The van der Waals surface area contributed by atoms with E-state index in [9.17, 15) is 0 Å². The number of hydrogen-bond donors (Lipinski definition) is 1. The fourth-order valence-corrected chi connectivity index (χ4v) is 0.408. The highest BCUT2D eigenvalue weighted by Gasteiger charge is 1.64. The summed E-state index contributed by atoms with van der Waals surface area (Å²) < 4.78 is 0. The van der Waals surface area contributed by atoms with Crippen molar-refractivity contribution in [2.24, 2.45) is 0 Å². The van der Waals surface area contributed by atoms with E-state index in [1.165, 1.54) is 0 Å². The van der Waals surface area contributed by atoms with E-state index in [2.05, 4.69) is 0 Å². The lowest BCUT2D eigenvalue weighted by atomic mass is 10.5. The Morgan fingerprint density at radius 3 is 2.30 bits per heavy atom. The molecule has 2 N–H and O–H groups in total. The van der Waals surface area contributed by atoms with Crippen LogP contribution in [0.5, 0.6) is 0 Å². The van der Waals surface area contributed by atoms with Crippen molar-refractivity contribution in [1.82, 2.24) is 0 Å². The first kappa shape index (κ1) is 12.4. The minimum atomic E-state index is 0.591. The third-order valence-corrected chi connectivity index (χ3v) is 0.818. The topological polar surface area (TPSA) is 16.6 Å². The smallest absolute Gasteiger partial charge is 0.0923 e. The molecule has 0 amide bonds. The summed E-state index contributed by atoms with van der Waals surface area (Å²) in [5.41, 5.74) is 0. The SMILES string of the molecule is CC.C[NH2+]/C=C\C=C/CCl. The monoisotopic (exact) mass is 162 g/mol. The number of rotatable bonds is 3. The van der Waals surface area contributed by atoms with Crippen molar-refractivity contribution in [3.8, 4) is 0 Å². The van der Waals surface area contributed by atoms with Crippen LogP contribution in [0.15, 0.2) is 24.4 Å². The maximum absolute atomic E-state index is 5.35. The fraction of sp³-hybridized carbons (Fsp3) is 0.500. The summed E-state index contributed by atoms with van der Waals surface area (Å²) in [7, 11) is 1.98. The second-order valence-corrected chi connectivity index (χ2v) is 1.61. The second-order valence-electron chi connectivity index (χ2n) is 1.30. The van der Waals surface area contributed by atoms with Gasteiger partial charge in [-0.1, -0.05) is 26.0 Å². The molecule has 0 aliphatic heterocycles. The van der Waals surface area contributed by atoms with Crippen LogP contribution in [0, 0.1) is 0 Å². The Morgan fingerprint density at radius 1 is 1.30 bits per heavy atom. The minimum Gasteiger partial charge on any atom is -0.322 e. The largest absolute Gasteiger partial charge is 0.322 e. The van der Waals surface area contributed by atoms with Crippen LogP contribution < -0.4 is 5.32 Å². The van der Waals surface area contributed by atoms with Gasteiger partial charge in [-0.05, 0) is 6.08 Å². The molecule has 2 heteroatoms. The standard InChI is InChI=1S/C6H10ClN.C2H6/c1-8-6-4-2-3-5-7;1-2/h2-4,6,8H,5H2,1H3;1-2H3/p+1/b3-2-,6-4-;. The van der Waals surface area contributed by atoms with Crippen molar-refractivity contribution in [2.75, 3.05) is 12.9 Å². The molecule has 0 aliphatic carbocycles. The summed E-state index contributed by atoms with van der Waals surface area (Å²) in [5.74, 6) is 0.591. The quantitative estimate of drug-likeness (QED) is 0.479. The minimum absolute atomic E-state index is 0.591. The summed E-state index contributed by atoms with van der Waals surface area (Å²) >= 11 is 5.35. The van der Waals surface area contributed by atoms with Crippen molar-refractivity contribution in [1.29, 1.82) is 0 Å². The Morgan fingerprint density at radius 2 is 1.90 bits per heavy atom. The zero-order valence-electron chi connectivity index (χ0n) is 6.97. The number of allylic oxidation sites excluding steroid dienone is 3. The van der Waals surface area contributed by atoms with E-state index in [4.69, 9.17) is 11.6 Å². The number of hydrogen-bond acceptors (Lipinski definition) is 0. The molecule has 0 spiro atoms. The Kier molecular flexibility index (Phi) is 19.7. The Labute approximate surface area is 68.8 Å². The van der Waals surface area contributed by atoms with Crippen molar-refractivity contribution < 1.29 is 5.32 Å². The Bertz CT molecular complexity index is 75.3. The van der Waals surface area contributed by atoms with Gasteiger partial charge in [-0.3, -0.25) is 0 Å². The lowest BCUT2D eigenvalue weighted by molar-refractivity contribution is -0.556. The number of nitrogens with two attached hydrogens (primary N) is 1. The molecule has 0 bridgehead atoms. The van der Waals surface area contributed by atoms with Gasteiger partial charge in [0.25, 0.3) is 0 Å². The van der Waals surface area contributed by atoms with Gasteiger partial charge in [0, 0.05) is 5.88 Å². The molecular weight excluding hydrogens is 146 g/mol. The molecule has 0 fully saturated rings. The maximum atomic E-state index is 5.35. The van der Waals surface area contributed by atoms with Crippen molar-refractivity contribution in [3.63, 3.8) is 0 Å². The Balaban J connectivity index is 0. The molecule has 0 saturated heterocycles. The van der Waals surface area contributed by atoms with Gasteiger partial charge in [0.05, 0.1) is 13.2 Å². The first-order valence-corrected chi connectivity index (χ1v) is 4.12. The van der Waals surface area contributed by atoms with Crippen molar-refractivity contribution >= 4 is 11.6 Å². The van der Waals surface area contributed by atoms with Crippen molar-refractivity contribution in [2.45, 2.75) is 13.8 Å². The first-order chi connectivity index (χ1) is 4.91. The highest BCUT2D eigenvalue weighted by Crippen LogP contribution is 1.76. The van der Waals surface area contributed by atoms with Gasteiger partial charge in [-0.2, -0.15) is 0 Å². The molecule has 0 heterocycles. The predicted molar refractivity (Wildman–Crippen MR) is 48.2 cm³/mol. The zero-order chi connectivity index (χ0) is 8.24. The van der Waals surface area contributed by atoms with Gasteiger partial charge < -0.3 is 5.32 Å². The zero-order valence-corrected chi connectivity index (χ0v) is 7.73. The highest BCUT2D eigenvalue weighted by molar-refractivity contribution is 6.18. The van der Waals surface area contributed by atoms with E-state index in [1.807, 2.05) is 50.6 Å². The normalized spacial score (nSPS) is 10.0. The van der Waals surface area contributed by atoms with E-state index in [-0.39, 0.29) is 0 Å². The molecule has 0 aliphatic rings. The van der Waals surface area contributed by atoms with E-state index < -0.39 is 0 Å². The third kappa shape index (κ3) is 15.6. The van der Waals surface area contributed by atoms with Gasteiger partial charge in [-0.25, -0.2) is 0 Å². The van der Waals surface area contributed by atoms with E-state index in [1.54, 1.807) is 0 Å². The third-order valence-electron chi connectivity index (χ3n) is 0.640. The second kappa shape index (κ2) is 15.9. The molecule has 10 heavy (non-hydrogen) atoms. The summed E-state index contributed by atoms with van der Waals surface area (Å²) in [6.07, 6.45) is 7.72. The first-order valence-electron chi connectivity index (χ1n) is 3.59. The van der Waals surface area contributed by atoms with Crippen molar-refractivity contribution in [3.05, 3.63) is 24.4 Å². The molecule has 1 nitrogen and oxygen atoms in total. The number of halogens is 1. The molecule has 0 aromatic heterocycles. The van der Waals surface area contributed by atoms with Crippen LogP contribution in [0.4, 0.5) is 0 Å². The van der Waals surface area contributed by atoms with Crippen LogP contribution >= 0.6 is 11.6 Å². The lowest BCUT2D eigenvalue weighted by Gasteiger charge is -1.73. The van der Waals surface area contributed by atoms with Crippen LogP contribution in [0.25, 0.3) is 0 Å². The van der Waals surface area contributed by atoms with Crippen LogP contribution in [-0.4, -0.2) is 12.9 Å².